The second kappa shape index (κ2) is 7.90. The molecule has 1 aromatic carbocycles. The average molecular weight is 487 g/mol. The minimum absolute atomic E-state index is 0.00526. The predicted octanol–water partition coefficient (Wildman–Crippen LogP) is 5.20. The van der Waals surface area contributed by atoms with Crippen LogP contribution in [-0.2, 0) is 13.1 Å². The molecule has 0 saturated heterocycles. The number of carbonyl (C=O) groups is 1. The van der Waals surface area contributed by atoms with Gasteiger partial charge in [-0.3, -0.25) is 4.79 Å². The van der Waals surface area contributed by atoms with Crippen molar-refractivity contribution in [1.29, 1.82) is 0 Å². The van der Waals surface area contributed by atoms with Crippen LogP contribution in [0.1, 0.15) is 58.7 Å². The summed E-state index contributed by atoms with van der Waals surface area (Å²) < 4.78 is 36.8. The molecule has 2 bridgehead atoms. The summed E-state index contributed by atoms with van der Waals surface area (Å²) in [4.78, 5) is 19.7. The maximum atomic E-state index is 15.0. The quantitative estimate of drug-likeness (QED) is 0.510. The molecule has 178 valence electrons. The average Bonchev–Trinajstić information content (AvgIpc) is 3.50. The molecule has 2 unspecified atom stereocenters. The Kier molecular flexibility index (Phi) is 5.06. The van der Waals surface area contributed by atoms with Crippen LogP contribution in [0, 0.1) is 31.5 Å². The lowest BCUT2D eigenvalue weighted by atomic mass is 9.85. The van der Waals surface area contributed by atoms with E-state index < -0.39 is 18.1 Å². The van der Waals surface area contributed by atoms with Crippen molar-refractivity contribution in [1.82, 2.24) is 19.5 Å². The van der Waals surface area contributed by atoms with E-state index >= 15 is 0 Å². The fraction of sp³-hybridized carbons (Fsp3) is 0.480. The molecule has 0 radical (unpaired) electrons. The highest BCUT2D eigenvalue weighted by molar-refractivity contribution is 6.31. The van der Waals surface area contributed by atoms with Crippen molar-refractivity contribution < 1.29 is 18.3 Å². The zero-order valence-corrected chi connectivity index (χ0v) is 19.8. The van der Waals surface area contributed by atoms with E-state index in [9.17, 15) is 13.6 Å². The van der Waals surface area contributed by atoms with Gasteiger partial charge in [0.15, 0.2) is 5.65 Å². The van der Waals surface area contributed by atoms with Gasteiger partial charge in [0.1, 0.15) is 23.8 Å². The van der Waals surface area contributed by atoms with E-state index in [4.69, 9.17) is 16.3 Å². The number of ether oxygens (including phenoxy) is 1. The van der Waals surface area contributed by atoms with Crippen LogP contribution in [0.4, 0.5) is 8.78 Å². The minimum atomic E-state index is -1.10. The summed E-state index contributed by atoms with van der Waals surface area (Å²) in [7, 11) is 0. The number of aromatic nitrogens is 3. The highest BCUT2D eigenvalue weighted by Gasteiger charge is 2.44. The molecule has 9 heteroatoms. The Bertz CT molecular complexity index is 1330. The van der Waals surface area contributed by atoms with Crippen LogP contribution in [0.3, 0.4) is 0 Å². The second-order valence-corrected chi connectivity index (χ2v) is 10.2. The molecule has 2 aliphatic carbocycles. The molecule has 2 fully saturated rings. The molecular weight excluding hydrogens is 462 g/mol. The van der Waals surface area contributed by atoms with E-state index in [1.54, 1.807) is 9.42 Å². The van der Waals surface area contributed by atoms with Gasteiger partial charge in [0.25, 0.3) is 5.91 Å². The SMILES string of the molecule is Cc1nc2c3c(nn2c(C)c1Cl)CN(C(=O)c1ccc(F)cc1O[C@H]1CC2CCC(C2)[C@H]1F)C3. The number of alkyl halides is 1. The van der Waals surface area contributed by atoms with Gasteiger partial charge in [-0.15, -0.1) is 0 Å². The second-order valence-electron chi connectivity index (χ2n) is 9.83. The molecule has 1 amide bonds. The first-order chi connectivity index (χ1) is 16.3. The van der Waals surface area contributed by atoms with E-state index in [1.165, 1.54) is 18.2 Å². The molecule has 3 heterocycles. The Labute approximate surface area is 200 Å². The lowest BCUT2D eigenvalue weighted by Crippen LogP contribution is -2.38. The van der Waals surface area contributed by atoms with Gasteiger partial charge in [-0.1, -0.05) is 11.6 Å². The van der Waals surface area contributed by atoms with Crippen molar-refractivity contribution in [2.75, 3.05) is 0 Å². The normalized spacial score (nSPS) is 25.7. The largest absolute Gasteiger partial charge is 0.486 e. The number of aryl methyl sites for hydroxylation is 2. The van der Waals surface area contributed by atoms with E-state index in [2.05, 4.69) is 10.1 Å². The van der Waals surface area contributed by atoms with E-state index in [0.717, 1.165) is 36.2 Å². The van der Waals surface area contributed by atoms with Crippen molar-refractivity contribution in [3.63, 3.8) is 0 Å². The maximum Gasteiger partial charge on any atom is 0.258 e. The molecule has 2 aromatic heterocycles. The first kappa shape index (κ1) is 21.8. The molecule has 3 aromatic rings. The Morgan fingerprint density at radius 2 is 2.03 bits per heavy atom. The van der Waals surface area contributed by atoms with Gasteiger partial charge in [-0.05, 0) is 63.5 Å². The van der Waals surface area contributed by atoms with Crippen molar-refractivity contribution in [2.45, 2.75) is 64.9 Å². The molecule has 6 rings (SSSR count). The fourth-order valence-corrected chi connectivity index (χ4v) is 5.98. The number of hydrogen-bond acceptors (Lipinski definition) is 4. The van der Waals surface area contributed by atoms with Crippen LogP contribution in [0.15, 0.2) is 18.2 Å². The van der Waals surface area contributed by atoms with Gasteiger partial charge in [-0.25, -0.2) is 18.3 Å². The van der Waals surface area contributed by atoms with E-state index in [0.29, 0.717) is 41.8 Å². The number of rotatable bonds is 3. The molecule has 34 heavy (non-hydrogen) atoms. The number of fused-ring (bicyclic) bond motifs is 5. The highest BCUT2D eigenvalue weighted by Crippen LogP contribution is 2.45. The molecule has 3 aliphatic rings. The summed E-state index contributed by atoms with van der Waals surface area (Å²) in [6, 6.07) is 3.85. The smallest absolute Gasteiger partial charge is 0.258 e. The molecule has 6 nitrogen and oxygen atoms in total. The predicted molar refractivity (Wildman–Crippen MR) is 122 cm³/mol. The monoisotopic (exact) mass is 486 g/mol. The minimum Gasteiger partial charge on any atom is -0.486 e. The molecule has 4 atom stereocenters. The van der Waals surface area contributed by atoms with Crippen LogP contribution in [0.25, 0.3) is 5.65 Å². The van der Waals surface area contributed by atoms with Gasteiger partial charge in [0.2, 0.25) is 0 Å². The van der Waals surface area contributed by atoms with Crippen LogP contribution in [0.2, 0.25) is 5.02 Å². The lowest BCUT2D eigenvalue weighted by molar-refractivity contribution is 0.0244. The third-order valence-corrected chi connectivity index (χ3v) is 8.20. The standard InChI is InChI=1S/C25H25ClF2N4O2/c1-12-22(26)13(2)32-24(29-12)18-10-31(11-19(18)30-32)25(33)17-6-5-16(27)9-20(17)34-21-8-14-3-4-15(7-14)23(21)28/h5-6,9,14-15,21,23H,3-4,7-8,10-11H2,1-2H3/t14?,15?,21-,23+/m0/s1. The number of nitrogens with zero attached hydrogens (tertiary/aromatic N) is 4. The topological polar surface area (TPSA) is 59.7 Å². The number of benzene rings is 1. The summed E-state index contributed by atoms with van der Waals surface area (Å²) in [5.74, 6) is -0.283. The van der Waals surface area contributed by atoms with Crippen molar-refractivity contribution in [2.24, 2.45) is 11.8 Å². The Morgan fingerprint density at radius 1 is 1.21 bits per heavy atom. The number of amides is 1. The zero-order chi connectivity index (χ0) is 23.7. The molecular formula is C25H25ClF2N4O2. The van der Waals surface area contributed by atoms with Crippen LogP contribution in [-0.4, -0.2) is 37.7 Å². The Balaban J connectivity index is 1.28. The third kappa shape index (κ3) is 3.37. The Hall–Kier alpha value is -2.74. The molecule has 1 aliphatic heterocycles. The number of hydrogen-bond donors (Lipinski definition) is 0. The van der Waals surface area contributed by atoms with Gasteiger partial charge >= 0.3 is 0 Å². The van der Waals surface area contributed by atoms with Crippen LogP contribution in [0.5, 0.6) is 5.75 Å². The van der Waals surface area contributed by atoms with Crippen LogP contribution >= 0.6 is 11.6 Å². The first-order valence-electron chi connectivity index (χ1n) is 11.7. The van der Waals surface area contributed by atoms with Gasteiger partial charge in [-0.2, -0.15) is 5.10 Å². The summed E-state index contributed by atoms with van der Waals surface area (Å²) in [6.45, 7) is 4.34. The van der Waals surface area contributed by atoms with Crippen molar-refractivity contribution in [3.8, 4) is 5.75 Å². The van der Waals surface area contributed by atoms with Gasteiger partial charge < -0.3 is 9.64 Å². The maximum absolute atomic E-state index is 15.0. The molecule has 2 saturated carbocycles. The lowest BCUT2D eigenvalue weighted by Gasteiger charge is -2.32. The number of halogens is 3. The summed E-state index contributed by atoms with van der Waals surface area (Å²) in [5, 5.41) is 5.19. The highest BCUT2D eigenvalue weighted by atomic mass is 35.5. The summed E-state index contributed by atoms with van der Waals surface area (Å²) >= 11 is 6.32. The fourth-order valence-electron chi connectivity index (χ4n) is 5.85. The third-order valence-electron chi connectivity index (χ3n) is 7.65. The van der Waals surface area contributed by atoms with Gasteiger partial charge in [0, 0.05) is 11.6 Å². The number of carbonyl (C=O) groups excluding carboxylic acids is 1. The van der Waals surface area contributed by atoms with Crippen LogP contribution < -0.4 is 4.74 Å². The molecule has 0 spiro atoms. The van der Waals surface area contributed by atoms with Gasteiger partial charge in [0.05, 0.1) is 40.8 Å². The summed E-state index contributed by atoms with van der Waals surface area (Å²) in [6.07, 6.45) is 1.61. The Morgan fingerprint density at radius 3 is 2.85 bits per heavy atom. The molecule has 0 N–H and O–H groups in total. The van der Waals surface area contributed by atoms with Crippen molar-refractivity contribution >= 4 is 23.2 Å². The van der Waals surface area contributed by atoms with E-state index in [-0.39, 0.29) is 23.1 Å². The first-order valence-corrected chi connectivity index (χ1v) is 12.1. The van der Waals surface area contributed by atoms with E-state index in [1.807, 2.05) is 13.8 Å². The zero-order valence-electron chi connectivity index (χ0n) is 19.0. The summed E-state index contributed by atoms with van der Waals surface area (Å²) in [5.41, 5.74) is 4.04. The van der Waals surface area contributed by atoms with Crippen molar-refractivity contribution in [3.05, 3.63) is 57.2 Å².